The lowest BCUT2D eigenvalue weighted by atomic mass is 10.1. The van der Waals surface area contributed by atoms with Crippen molar-refractivity contribution in [2.75, 3.05) is 0 Å². The third-order valence-electron chi connectivity index (χ3n) is 2.18. The molecule has 2 rings (SSSR count). The summed E-state index contributed by atoms with van der Waals surface area (Å²) >= 11 is 0. The van der Waals surface area contributed by atoms with E-state index in [9.17, 15) is 4.79 Å². The monoisotopic (exact) mass is 232 g/mol. The molecule has 0 fully saturated rings. The zero-order valence-electron chi connectivity index (χ0n) is 9.54. The van der Waals surface area contributed by atoms with Crippen LogP contribution in [0.25, 0.3) is 10.9 Å². The normalized spacial score (nSPS) is 10.8. The first-order valence-electron chi connectivity index (χ1n) is 5.21. The predicted octanol–water partition coefficient (Wildman–Crippen LogP) is 2.12. The van der Waals surface area contributed by atoms with E-state index in [1.807, 2.05) is 13.8 Å². The number of hydrogen-bond acceptors (Lipinski definition) is 4. The van der Waals surface area contributed by atoms with Crippen LogP contribution in [-0.2, 0) is 0 Å². The van der Waals surface area contributed by atoms with Crippen molar-refractivity contribution in [1.82, 2.24) is 9.97 Å². The van der Waals surface area contributed by atoms with Gasteiger partial charge in [-0.2, -0.15) is 0 Å². The lowest BCUT2D eigenvalue weighted by Crippen LogP contribution is -2.07. The molecule has 0 saturated heterocycles. The molecule has 1 aromatic carbocycles. The minimum atomic E-state index is -1.03. The van der Waals surface area contributed by atoms with E-state index >= 15 is 0 Å². The molecule has 0 aliphatic heterocycles. The summed E-state index contributed by atoms with van der Waals surface area (Å²) in [6.07, 6.45) is 2.89. The number of aromatic nitrogens is 2. The molecule has 1 N–H and O–H groups in total. The van der Waals surface area contributed by atoms with E-state index in [1.165, 1.54) is 12.4 Å². The third kappa shape index (κ3) is 2.33. The number of aromatic carboxylic acids is 1. The Kier molecular flexibility index (Phi) is 2.91. The van der Waals surface area contributed by atoms with E-state index in [1.54, 1.807) is 12.3 Å². The van der Waals surface area contributed by atoms with Crippen LogP contribution in [0.4, 0.5) is 0 Å². The first-order valence-corrected chi connectivity index (χ1v) is 5.21. The van der Waals surface area contributed by atoms with E-state index in [0.717, 1.165) is 0 Å². The van der Waals surface area contributed by atoms with Crippen molar-refractivity contribution in [3.63, 3.8) is 0 Å². The quantitative estimate of drug-likeness (QED) is 0.877. The molecule has 1 aromatic heterocycles. The number of benzene rings is 1. The molecule has 1 heterocycles. The van der Waals surface area contributed by atoms with Crippen LogP contribution in [0, 0.1) is 0 Å². The summed E-state index contributed by atoms with van der Waals surface area (Å²) < 4.78 is 5.49. The number of hydrogen-bond donors (Lipinski definition) is 1. The van der Waals surface area contributed by atoms with E-state index < -0.39 is 5.97 Å². The van der Waals surface area contributed by atoms with Crippen molar-refractivity contribution in [3.05, 3.63) is 30.2 Å². The maximum Gasteiger partial charge on any atom is 0.338 e. The van der Waals surface area contributed by atoms with Gasteiger partial charge in [0.15, 0.2) is 0 Å². The Hall–Kier alpha value is -2.17. The van der Waals surface area contributed by atoms with Crippen molar-refractivity contribution in [2.24, 2.45) is 0 Å². The number of ether oxygens (including phenoxy) is 1. The summed E-state index contributed by atoms with van der Waals surface area (Å²) in [7, 11) is 0. The van der Waals surface area contributed by atoms with Crippen LogP contribution in [0.1, 0.15) is 24.2 Å². The number of nitrogens with zero attached hydrogens (tertiary/aromatic N) is 2. The van der Waals surface area contributed by atoms with E-state index in [4.69, 9.17) is 9.84 Å². The second-order valence-electron chi connectivity index (χ2n) is 3.90. The summed E-state index contributed by atoms with van der Waals surface area (Å²) in [4.78, 5) is 19.0. The predicted molar refractivity (Wildman–Crippen MR) is 62.3 cm³/mol. The first-order chi connectivity index (χ1) is 8.08. The van der Waals surface area contributed by atoms with Gasteiger partial charge in [0.1, 0.15) is 12.1 Å². The molecule has 0 amide bonds. The Morgan fingerprint density at radius 3 is 2.82 bits per heavy atom. The van der Waals surface area contributed by atoms with Gasteiger partial charge < -0.3 is 9.84 Å². The molecular weight excluding hydrogens is 220 g/mol. The van der Waals surface area contributed by atoms with Crippen molar-refractivity contribution in [1.29, 1.82) is 0 Å². The van der Waals surface area contributed by atoms with Gasteiger partial charge in [-0.05, 0) is 26.0 Å². The number of fused-ring (bicyclic) bond motifs is 1. The highest BCUT2D eigenvalue weighted by Crippen LogP contribution is 2.24. The lowest BCUT2D eigenvalue weighted by molar-refractivity contribution is 0.0698. The fourth-order valence-electron chi connectivity index (χ4n) is 1.58. The topological polar surface area (TPSA) is 72.3 Å². The Balaban J connectivity index is 2.63. The van der Waals surface area contributed by atoms with Crippen molar-refractivity contribution < 1.29 is 14.6 Å². The van der Waals surface area contributed by atoms with Crippen LogP contribution < -0.4 is 4.74 Å². The smallest absolute Gasteiger partial charge is 0.338 e. The number of carboxylic acids is 1. The zero-order chi connectivity index (χ0) is 12.4. The number of rotatable bonds is 3. The van der Waals surface area contributed by atoms with Gasteiger partial charge >= 0.3 is 5.97 Å². The molecule has 2 aromatic rings. The maximum atomic E-state index is 11.1. The zero-order valence-corrected chi connectivity index (χ0v) is 9.54. The van der Waals surface area contributed by atoms with Crippen LogP contribution >= 0.6 is 0 Å². The highest BCUT2D eigenvalue weighted by Gasteiger charge is 2.12. The van der Waals surface area contributed by atoms with Gasteiger partial charge in [0.2, 0.25) is 0 Å². The Morgan fingerprint density at radius 2 is 2.18 bits per heavy atom. The molecule has 0 bridgehead atoms. The van der Waals surface area contributed by atoms with Crippen molar-refractivity contribution in [2.45, 2.75) is 20.0 Å². The van der Waals surface area contributed by atoms with Gasteiger partial charge in [0.05, 0.1) is 17.2 Å². The first kappa shape index (κ1) is 11.3. The van der Waals surface area contributed by atoms with Gasteiger partial charge in [0.25, 0.3) is 0 Å². The standard InChI is InChI=1S/C12H12N2O3/c1-7(2)17-9-3-8-5-13-6-14-11(8)10(4-9)12(15)16/h3-7H,1-2H3,(H,15,16). The Labute approximate surface area is 98.1 Å². The molecule has 0 aliphatic carbocycles. The largest absolute Gasteiger partial charge is 0.491 e. The molecule has 17 heavy (non-hydrogen) atoms. The molecule has 0 atom stereocenters. The average molecular weight is 232 g/mol. The molecule has 0 spiro atoms. The van der Waals surface area contributed by atoms with E-state index in [0.29, 0.717) is 16.7 Å². The van der Waals surface area contributed by atoms with Gasteiger partial charge in [-0.3, -0.25) is 0 Å². The van der Waals surface area contributed by atoms with E-state index in [2.05, 4.69) is 9.97 Å². The average Bonchev–Trinajstić information content (AvgIpc) is 2.27. The third-order valence-corrected chi connectivity index (χ3v) is 2.18. The number of carboxylic acid groups (broad SMARTS) is 1. The minimum Gasteiger partial charge on any atom is -0.491 e. The summed E-state index contributed by atoms with van der Waals surface area (Å²) in [6.45, 7) is 3.76. The molecule has 88 valence electrons. The van der Waals surface area contributed by atoms with Crippen LogP contribution in [0.5, 0.6) is 5.75 Å². The second kappa shape index (κ2) is 4.37. The van der Waals surface area contributed by atoms with Crippen LogP contribution in [0.15, 0.2) is 24.7 Å². The van der Waals surface area contributed by atoms with Crippen molar-refractivity contribution >= 4 is 16.9 Å². The fourth-order valence-corrected chi connectivity index (χ4v) is 1.58. The van der Waals surface area contributed by atoms with Crippen LogP contribution in [-0.4, -0.2) is 27.1 Å². The number of carbonyl (C=O) groups is 1. The minimum absolute atomic E-state index is 0.0151. The summed E-state index contributed by atoms with van der Waals surface area (Å²) in [5.74, 6) is -0.511. The van der Waals surface area contributed by atoms with Crippen LogP contribution in [0.2, 0.25) is 0 Å². The molecule has 0 unspecified atom stereocenters. The van der Waals surface area contributed by atoms with Gasteiger partial charge in [-0.1, -0.05) is 0 Å². The van der Waals surface area contributed by atoms with Gasteiger partial charge in [-0.15, -0.1) is 0 Å². The summed E-state index contributed by atoms with van der Waals surface area (Å²) in [6, 6.07) is 3.22. The summed E-state index contributed by atoms with van der Waals surface area (Å²) in [5, 5.41) is 9.78. The SMILES string of the molecule is CC(C)Oc1cc(C(=O)O)c2ncncc2c1. The summed E-state index contributed by atoms with van der Waals surface area (Å²) in [5.41, 5.74) is 0.546. The molecule has 0 aliphatic rings. The maximum absolute atomic E-state index is 11.1. The second-order valence-corrected chi connectivity index (χ2v) is 3.90. The highest BCUT2D eigenvalue weighted by atomic mass is 16.5. The van der Waals surface area contributed by atoms with Gasteiger partial charge in [0, 0.05) is 11.6 Å². The molecule has 5 nitrogen and oxygen atoms in total. The van der Waals surface area contributed by atoms with Gasteiger partial charge in [-0.25, -0.2) is 14.8 Å². The molecule has 5 heteroatoms. The lowest BCUT2D eigenvalue weighted by Gasteiger charge is -2.11. The van der Waals surface area contributed by atoms with Crippen LogP contribution in [0.3, 0.4) is 0 Å². The van der Waals surface area contributed by atoms with E-state index in [-0.39, 0.29) is 11.7 Å². The molecule has 0 radical (unpaired) electrons. The molecular formula is C12H12N2O3. The highest BCUT2D eigenvalue weighted by molar-refractivity contribution is 6.02. The Morgan fingerprint density at radius 1 is 1.41 bits per heavy atom. The Bertz CT molecular complexity index is 567. The molecule has 0 saturated carbocycles. The fraction of sp³-hybridized carbons (Fsp3) is 0.250. The van der Waals surface area contributed by atoms with Crippen molar-refractivity contribution in [3.8, 4) is 5.75 Å².